The number of nitrogens with zero attached hydrogens (tertiary/aromatic N) is 3. The highest BCUT2D eigenvalue weighted by atomic mass is 16.2. The monoisotopic (exact) mass is 473 g/mol. The normalized spacial score (nSPS) is 18.3. The van der Waals surface area contributed by atoms with Crippen molar-refractivity contribution in [3.05, 3.63) is 89.7 Å². The van der Waals surface area contributed by atoms with E-state index in [-0.39, 0.29) is 23.7 Å². The molecule has 1 fully saturated rings. The molecule has 1 aromatic heterocycles. The lowest BCUT2D eigenvalue weighted by Crippen LogP contribution is -2.51. The van der Waals surface area contributed by atoms with E-state index in [1.54, 1.807) is 27.9 Å². The van der Waals surface area contributed by atoms with Crippen molar-refractivity contribution >= 4 is 17.6 Å². The Morgan fingerprint density at radius 2 is 1.83 bits per heavy atom. The molecule has 3 aromatic rings. The average molecular weight is 474 g/mol. The summed E-state index contributed by atoms with van der Waals surface area (Å²) < 4.78 is 1.80. The van der Waals surface area contributed by atoms with Crippen molar-refractivity contribution in [3.63, 3.8) is 0 Å². The molecule has 0 bridgehead atoms. The number of hydrogen-bond acceptors (Lipinski definition) is 5. The maximum atomic E-state index is 13.3. The Bertz CT molecular complexity index is 1150. The van der Waals surface area contributed by atoms with E-state index in [9.17, 15) is 9.59 Å². The quantitative estimate of drug-likeness (QED) is 0.276. The van der Waals surface area contributed by atoms with Crippen LogP contribution in [0.15, 0.2) is 73.1 Å². The third-order valence-electron chi connectivity index (χ3n) is 6.40. The van der Waals surface area contributed by atoms with Gasteiger partial charge in [0.2, 0.25) is 11.8 Å². The number of aromatic nitrogens is 2. The fourth-order valence-corrected chi connectivity index (χ4v) is 4.41. The molecule has 2 heterocycles. The van der Waals surface area contributed by atoms with Gasteiger partial charge in [-0.05, 0) is 30.0 Å². The van der Waals surface area contributed by atoms with Gasteiger partial charge in [0.1, 0.15) is 11.9 Å². The molecule has 0 spiro atoms. The van der Waals surface area contributed by atoms with Gasteiger partial charge < -0.3 is 21.7 Å². The van der Waals surface area contributed by atoms with Gasteiger partial charge >= 0.3 is 0 Å². The third-order valence-corrected chi connectivity index (χ3v) is 6.40. The van der Waals surface area contributed by atoms with Crippen molar-refractivity contribution in [3.8, 4) is 0 Å². The lowest BCUT2D eigenvalue weighted by molar-refractivity contribution is -0.139. The molecule has 9 heteroatoms. The summed E-state index contributed by atoms with van der Waals surface area (Å²) in [4.78, 5) is 28.1. The fourth-order valence-electron chi connectivity index (χ4n) is 4.41. The van der Waals surface area contributed by atoms with Crippen LogP contribution in [0.2, 0.25) is 0 Å². The van der Waals surface area contributed by atoms with Crippen LogP contribution in [-0.4, -0.2) is 51.0 Å². The van der Waals surface area contributed by atoms with E-state index in [0.717, 1.165) is 11.1 Å². The molecule has 4 rings (SSSR count). The van der Waals surface area contributed by atoms with E-state index < -0.39 is 12.1 Å². The standard InChI is InChI=1S/C26H31N7O2/c27-22(12-9-18-5-2-1-3-6-18)26(35)32-17-21(33-14-4-13-31-33)15-23(32)25(34)30-16-19-7-10-20(11-8-19)24(28)29/h1-8,10-11,13-14,21-23H,9,12,15-17,27H2,(H3,28,29)(H,30,34)/t21?,22-,23+/m1/s1. The Kier molecular flexibility index (Phi) is 7.57. The molecule has 6 N–H and O–H groups in total. The van der Waals surface area contributed by atoms with Crippen LogP contribution in [0.5, 0.6) is 0 Å². The van der Waals surface area contributed by atoms with Gasteiger partial charge in [-0.15, -0.1) is 0 Å². The summed E-state index contributed by atoms with van der Waals surface area (Å²) in [5.74, 6) is -0.450. The van der Waals surface area contributed by atoms with Crippen LogP contribution in [0.3, 0.4) is 0 Å². The van der Waals surface area contributed by atoms with Crippen LogP contribution in [0, 0.1) is 5.41 Å². The molecule has 1 saturated heterocycles. The summed E-state index contributed by atoms with van der Waals surface area (Å²) in [5, 5.41) is 14.8. The van der Waals surface area contributed by atoms with E-state index in [0.29, 0.717) is 37.9 Å². The van der Waals surface area contributed by atoms with Gasteiger partial charge in [-0.3, -0.25) is 19.7 Å². The topological polar surface area (TPSA) is 143 Å². The highest BCUT2D eigenvalue weighted by molar-refractivity contribution is 5.95. The summed E-state index contributed by atoms with van der Waals surface area (Å²) >= 11 is 0. The molecule has 9 nitrogen and oxygen atoms in total. The zero-order valence-corrected chi connectivity index (χ0v) is 19.5. The zero-order valence-electron chi connectivity index (χ0n) is 19.5. The number of amides is 2. The molecule has 0 saturated carbocycles. The second-order valence-corrected chi connectivity index (χ2v) is 8.84. The lowest BCUT2D eigenvalue weighted by Gasteiger charge is -2.26. The summed E-state index contributed by atoms with van der Waals surface area (Å²) in [6.07, 6.45) is 5.20. The first kappa shape index (κ1) is 24.2. The van der Waals surface area contributed by atoms with Crippen molar-refractivity contribution in [1.29, 1.82) is 5.41 Å². The first-order valence-corrected chi connectivity index (χ1v) is 11.7. The number of carbonyl (C=O) groups is 2. The van der Waals surface area contributed by atoms with E-state index in [2.05, 4.69) is 10.4 Å². The molecule has 3 atom stereocenters. The number of nitrogens with one attached hydrogen (secondary N) is 2. The Hall–Kier alpha value is -3.98. The van der Waals surface area contributed by atoms with Gasteiger partial charge in [0.25, 0.3) is 0 Å². The zero-order chi connectivity index (χ0) is 24.8. The van der Waals surface area contributed by atoms with Crippen LogP contribution in [-0.2, 0) is 22.6 Å². The van der Waals surface area contributed by atoms with Gasteiger partial charge in [0.05, 0.1) is 12.1 Å². The summed E-state index contributed by atoms with van der Waals surface area (Å²) in [6, 6.07) is 17.4. The number of benzene rings is 2. The van der Waals surface area contributed by atoms with Crippen LogP contribution in [0.25, 0.3) is 0 Å². The number of amidine groups is 1. The van der Waals surface area contributed by atoms with Crippen molar-refractivity contribution < 1.29 is 9.59 Å². The van der Waals surface area contributed by atoms with Crippen LogP contribution in [0.4, 0.5) is 0 Å². The Morgan fingerprint density at radius 1 is 1.09 bits per heavy atom. The van der Waals surface area contributed by atoms with Gasteiger partial charge in [-0.2, -0.15) is 5.10 Å². The first-order chi connectivity index (χ1) is 16.9. The SMILES string of the molecule is N=C(N)c1ccc(CNC(=O)[C@@H]2CC(n3cccn3)CN2C(=O)[C@H](N)CCc2ccccc2)cc1. The number of carbonyl (C=O) groups excluding carboxylic acids is 2. The van der Waals surface area contributed by atoms with E-state index in [4.69, 9.17) is 16.9 Å². The fraction of sp³-hybridized carbons (Fsp3) is 0.308. The van der Waals surface area contributed by atoms with E-state index in [1.165, 1.54) is 0 Å². The molecule has 1 unspecified atom stereocenters. The van der Waals surface area contributed by atoms with E-state index >= 15 is 0 Å². The number of nitrogen functional groups attached to an aromatic ring is 1. The summed E-state index contributed by atoms with van der Waals surface area (Å²) in [6.45, 7) is 0.687. The Labute approximate surface area is 204 Å². The van der Waals surface area contributed by atoms with E-state index in [1.807, 2.05) is 54.7 Å². The van der Waals surface area contributed by atoms with Crippen molar-refractivity contribution in [2.45, 2.75) is 43.9 Å². The van der Waals surface area contributed by atoms with Gasteiger partial charge in [0.15, 0.2) is 0 Å². The third kappa shape index (κ3) is 5.93. The number of hydrogen-bond donors (Lipinski definition) is 4. The first-order valence-electron chi connectivity index (χ1n) is 11.7. The minimum absolute atomic E-state index is 0.00559. The highest BCUT2D eigenvalue weighted by Crippen LogP contribution is 2.28. The molecule has 2 aromatic carbocycles. The smallest absolute Gasteiger partial charge is 0.243 e. The number of nitrogens with two attached hydrogens (primary N) is 2. The molecule has 182 valence electrons. The van der Waals surface area contributed by atoms with Gasteiger partial charge in [0, 0.05) is 37.5 Å². The molecular weight excluding hydrogens is 442 g/mol. The molecule has 35 heavy (non-hydrogen) atoms. The lowest BCUT2D eigenvalue weighted by atomic mass is 10.0. The van der Waals surface area contributed by atoms with Crippen LogP contribution < -0.4 is 16.8 Å². The Morgan fingerprint density at radius 3 is 2.49 bits per heavy atom. The van der Waals surface area contributed by atoms with Gasteiger partial charge in [-0.1, -0.05) is 54.6 Å². The molecule has 1 aliphatic rings. The Balaban J connectivity index is 1.42. The van der Waals surface area contributed by atoms with Crippen molar-refractivity contribution in [1.82, 2.24) is 20.0 Å². The minimum atomic E-state index is -0.694. The van der Waals surface area contributed by atoms with Crippen LogP contribution >= 0.6 is 0 Å². The van der Waals surface area contributed by atoms with Crippen LogP contribution in [0.1, 0.15) is 35.6 Å². The summed E-state index contributed by atoms with van der Waals surface area (Å²) in [5.41, 5.74) is 14.4. The predicted molar refractivity (Wildman–Crippen MR) is 133 cm³/mol. The maximum Gasteiger partial charge on any atom is 0.243 e. The average Bonchev–Trinajstić information content (AvgIpc) is 3.57. The highest BCUT2D eigenvalue weighted by Gasteiger charge is 2.41. The molecule has 1 aliphatic heterocycles. The second-order valence-electron chi connectivity index (χ2n) is 8.84. The molecule has 2 amide bonds. The number of likely N-dealkylation sites (tertiary alicyclic amines) is 1. The molecular formula is C26H31N7O2. The number of rotatable bonds is 9. The maximum absolute atomic E-state index is 13.3. The van der Waals surface area contributed by atoms with Crippen molar-refractivity contribution in [2.24, 2.45) is 11.5 Å². The second kappa shape index (κ2) is 11.0. The minimum Gasteiger partial charge on any atom is -0.384 e. The molecule has 0 radical (unpaired) electrons. The number of aryl methyl sites for hydroxylation is 1. The van der Waals surface area contributed by atoms with Gasteiger partial charge in [-0.25, -0.2) is 0 Å². The summed E-state index contributed by atoms with van der Waals surface area (Å²) in [7, 11) is 0. The largest absolute Gasteiger partial charge is 0.384 e. The molecule has 0 aliphatic carbocycles. The predicted octanol–water partition coefficient (Wildman–Crippen LogP) is 1.59. The van der Waals surface area contributed by atoms with Crippen molar-refractivity contribution in [2.75, 3.05) is 6.54 Å².